The van der Waals surface area contributed by atoms with Crippen LogP contribution in [0.15, 0.2) is 30.3 Å². The molecule has 0 unspecified atom stereocenters. The molecule has 0 radical (unpaired) electrons. The van der Waals surface area contributed by atoms with Gasteiger partial charge >= 0.3 is 12.0 Å². The molecule has 0 aliphatic rings. The van der Waals surface area contributed by atoms with Crippen LogP contribution in [0.25, 0.3) is 0 Å². The van der Waals surface area contributed by atoms with Crippen molar-refractivity contribution in [2.45, 2.75) is 38.5 Å². The molecule has 0 fully saturated rings. The van der Waals surface area contributed by atoms with E-state index in [1.807, 2.05) is 20.8 Å². The van der Waals surface area contributed by atoms with Gasteiger partial charge in [0.15, 0.2) is 6.10 Å². The summed E-state index contributed by atoms with van der Waals surface area (Å²) in [5, 5.41) is 15.4. The number of ether oxygens (including phenoxy) is 1. The van der Waals surface area contributed by atoms with Crippen molar-refractivity contribution in [2.75, 3.05) is 7.11 Å². The SMILES string of the molecule is COC(=O)[C@H](O)[C@@H](NC(=O)N[14C](C)(C)C)c1ccccc1. The Bertz CT molecular complexity index is 482. The molecule has 0 aliphatic heterocycles. The van der Waals surface area contributed by atoms with Crippen molar-refractivity contribution in [1.82, 2.24) is 10.6 Å². The number of methoxy groups -OCH3 is 1. The standard InChI is InChI=1S/C15H22N2O4/c1-15(2,3)17-14(20)16-11(12(18)13(19)21-4)10-8-6-5-7-9-10/h5-9,11-12,18H,1-4H3,(H2,16,17,20)/t11-,12+/m0/s1/i15+2. The Kier molecular flexibility index (Phi) is 5.72. The summed E-state index contributed by atoms with van der Waals surface area (Å²) in [4.78, 5) is 23.5. The number of aliphatic hydroxyl groups is 1. The zero-order chi connectivity index (χ0) is 16.0. The highest BCUT2D eigenvalue weighted by Crippen LogP contribution is 2.18. The van der Waals surface area contributed by atoms with Crippen molar-refractivity contribution >= 4 is 12.0 Å². The van der Waals surface area contributed by atoms with Crippen LogP contribution in [0.1, 0.15) is 32.4 Å². The van der Waals surface area contributed by atoms with E-state index in [-0.39, 0.29) is 0 Å². The summed E-state index contributed by atoms with van der Waals surface area (Å²) in [5.41, 5.74) is 0.182. The molecular weight excluding hydrogens is 274 g/mol. The van der Waals surface area contributed by atoms with Gasteiger partial charge in [0.25, 0.3) is 0 Å². The predicted molar refractivity (Wildman–Crippen MR) is 78.6 cm³/mol. The van der Waals surface area contributed by atoms with E-state index in [9.17, 15) is 14.7 Å². The number of carbonyl (C=O) groups excluding carboxylic acids is 2. The molecular formula is C15H22N2O4. The number of nitrogens with one attached hydrogen (secondary N) is 2. The highest BCUT2D eigenvalue weighted by Gasteiger charge is 2.30. The van der Waals surface area contributed by atoms with Crippen LogP contribution in [0, 0.1) is 0 Å². The maximum atomic E-state index is 12.0. The first-order valence-electron chi connectivity index (χ1n) is 6.64. The molecule has 3 N–H and O–H groups in total. The highest BCUT2D eigenvalue weighted by atomic mass is 16.5. The third-order valence-corrected chi connectivity index (χ3v) is 2.69. The van der Waals surface area contributed by atoms with Crippen LogP contribution < -0.4 is 10.6 Å². The van der Waals surface area contributed by atoms with E-state index in [2.05, 4.69) is 15.4 Å². The maximum Gasteiger partial charge on any atom is 0.337 e. The van der Waals surface area contributed by atoms with Crippen molar-refractivity contribution < 1.29 is 19.4 Å². The molecule has 6 nitrogen and oxygen atoms in total. The number of hydrogen-bond acceptors (Lipinski definition) is 4. The Labute approximate surface area is 124 Å². The van der Waals surface area contributed by atoms with Crippen molar-refractivity contribution in [3.05, 3.63) is 35.9 Å². The lowest BCUT2D eigenvalue weighted by atomic mass is 10.0. The first-order valence-corrected chi connectivity index (χ1v) is 6.64. The van der Waals surface area contributed by atoms with Crippen molar-refractivity contribution in [2.24, 2.45) is 0 Å². The number of carbonyl (C=O) groups is 2. The third-order valence-electron chi connectivity index (χ3n) is 2.69. The lowest BCUT2D eigenvalue weighted by Gasteiger charge is -2.26. The average molecular weight is 296 g/mol. The largest absolute Gasteiger partial charge is 0.467 e. The van der Waals surface area contributed by atoms with Gasteiger partial charge in [0.2, 0.25) is 0 Å². The van der Waals surface area contributed by atoms with Gasteiger partial charge in [-0.2, -0.15) is 0 Å². The van der Waals surface area contributed by atoms with Gasteiger partial charge < -0.3 is 20.5 Å². The second kappa shape index (κ2) is 7.08. The number of benzene rings is 1. The molecule has 0 spiro atoms. The highest BCUT2D eigenvalue weighted by molar-refractivity contribution is 5.79. The molecule has 6 heteroatoms. The molecule has 0 heterocycles. The molecule has 0 saturated carbocycles. The summed E-state index contributed by atoms with van der Waals surface area (Å²) in [5.74, 6) is -0.806. The summed E-state index contributed by atoms with van der Waals surface area (Å²) >= 11 is 0. The topological polar surface area (TPSA) is 87.7 Å². The molecule has 1 aromatic rings. The fraction of sp³-hybridized carbons (Fsp3) is 0.467. The van der Waals surface area contributed by atoms with E-state index >= 15 is 0 Å². The van der Waals surface area contributed by atoms with Crippen LogP contribution in [0.5, 0.6) is 0 Å². The molecule has 2 atom stereocenters. The number of esters is 1. The van der Waals surface area contributed by atoms with E-state index in [1.54, 1.807) is 30.3 Å². The van der Waals surface area contributed by atoms with Crippen molar-refractivity contribution in [1.29, 1.82) is 0 Å². The number of hydrogen-bond donors (Lipinski definition) is 3. The zero-order valence-corrected chi connectivity index (χ0v) is 12.7. The van der Waals surface area contributed by atoms with Crippen molar-refractivity contribution in [3.63, 3.8) is 0 Å². The van der Waals surface area contributed by atoms with Gasteiger partial charge in [-0.05, 0) is 26.3 Å². The van der Waals surface area contributed by atoms with Gasteiger partial charge in [0.05, 0.1) is 13.2 Å². The number of rotatable bonds is 4. The monoisotopic (exact) mass is 296 g/mol. The quantitative estimate of drug-likeness (QED) is 0.732. The summed E-state index contributed by atoms with van der Waals surface area (Å²) in [6.07, 6.45) is -1.48. The van der Waals surface area contributed by atoms with Gasteiger partial charge in [-0.25, -0.2) is 9.59 Å². The first kappa shape index (κ1) is 17.0. The normalized spacial score (nSPS) is 14.0. The fourth-order valence-corrected chi connectivity index (χ4v) is 1.78. The predicted octanol–water partition coefficient (Wildman–Crippen LogP) is 1.36. The minimum Gasteiger partial charge on any atom is -0.467 e. The molecule has 0 aliphatic carbocycles. The molecule has 116 valence electrons. The summed E-state index contributed by atoms with van der Waals surface area (Å²) < 4.78 is 4.54. The average Bonchev–Trinajstić information content (AvgIpc) is 2.42. The van der Waals surface area contributed by atoms with Gasteiger partial charge in [0.1, 0.15) is 0 Å². The molecule has 1 rings (SSSR count). The van der Waals surface area contributed by atoms with Crippen molar-refractivity contribution in [3.8, 4) is 0 Å². The van der Waals surface area contributed by atoms with E-state index in [1.165, 1.54) is 7.11 Å². The molecule has 0 bridgehead atoms. The first-order chi connectivity index (χ1) is 9.74. The second-order valence-electron chi connectivity index (χ2n) is 5.70. The van der Waals surface area contributed by atoms with Crippen LogP contribution in [-0.4, -0.2) is 35.9 Å². The number of aliphatic hydroxyl groups excluding tert-OH is 1. The Balaban J connectivity index is 2.93. The van der Waals surface area contributed by atoms with E-state index < -0.39 is 29.7 Å². The number of amides is 2. The van der Waals surface area contributed by atoms with Crippen LogP contribution in [0.2, 0.25) is 0 Å². The summed E-state index contributed by atoms with van der Waals surface area (Å²) in [6.45, 7) is 5.50. The Morgan fingerprint density at radius 2 is 1.76 bits per heavy atom. The molecule has 0 saturated heterocycles. The Morgan fingerprint density at radius 3 is 2.24 bits per heavy atom. The third kappa shape index (κ3) is 5.43. The van der Waals surface area contributed by atoms with Crippen LogP contribution >= 0.6 is 0 Å². The smallest absolute Gasteiger partial charge is 0.337 e. The van der Waals surface area contributed by atoms with Gasteiger partial charge in [-0.1, -0.05) is 30.3 Å². The number of urea groups is 1. The fourth-order valence-electron chi connectivity index (χ4n) is 1.78. The molecule has 21 heavy (non-hydrogen) atoms. The van der Waals surface area contributed by atoms with E-state index in [0.29, 0.717) is 5.56 Å². The lowest BCUT2D eigenvalue weighted by Crippen LogP contribution is -2.50. The summed E-state index contributed by atoms with van der Waals surface area (Å²) in [6, 6.07) is 7.40. The second-order valence-corrected chi connectivity index (χ2v) is 5.70. The van der Waals surface area contributed by atoms with Crippen LogP contribution in [-0.2, 0) is 9.53 Å². The molecule has 2 amide bonds. The lowest BCUT2D eigenvalue weighted by molar-refractivity contribution is -0.151. The Hall–Kier alpha value is -2.08. The maximum absolute atomic E-state index is 12.0. The van der Waals surface area contributed by atoms with Crippen LogP contribution in [0.4, 0.5) is 4.79 Å². The molecule has 0 aromatic heterocycles. The Morgan fingerprint density at radius 1 is 1.19 bits per heavy atom. The van der Waals surface area contributed by atoms with Gasteiger partial charge in [-0.15, -0.1) is 0 Å². The van der Waals surface area contributed by atoms with Gasteiger partial charge in [0, 0.05) is 5.54 Å². The van der Waals surface area contributed by atoms with Crippen LogP contribution in [0.3, 0.4) is 0 Å². The van der Waals surface area contributed by atoms with E-state index in [4.69, 9.17) is 0 Å². The van der Waals surface area contributed by atoms with E-state index in [0.717, 1.165) is 0 Å². The minimum atomic E-state index is -1.48. The van der Waals surface area contributed by atoms with Gasteiger partial charge in [-0.3, -0.25) is 0 Å². The zero-order valence-electron chi connectivity index (χ0n) is 12.7. The minimum absolute atomic E-state index is 0.429. The summed E-state index contributed by atoms with van der Waals surface area (Å²) in [7, 11) is 1.18. The molecule has 1 aromatic carbocycles.